The van der Waals surface area contributed by atoms with Crippen LogP contribution in [0.2, 0.25) is 0 Å². The van der Waals surface area contributed by atoms with E-state index in [2.05, 4.69) is 15.9 Å². The van der Waals surface area contributed by atoms with Gasteiger partial charge in [-0.3, -0.25) is 0 Å². The number of phenolic OH excluding ortho intramolecular Hbond substituents is 1. The first kappa shape index (κ1) is 15.3. The second-order valence-corrected chi connectivity index (χ2v) is 5.34. The first-order valence-corrected chi connectivity index (χ1v) is 6.29. The highest BCUT2D eigenvalue weighted by Gasteiger charge is 2.26. The molecule has 0 aromatic heterocycles. The van der Waals surface area contributed by atoms with Gasteiger partial charge in [-0.25, -0.2) is 4.79 Å². The molecule has 0 aliphatic heterocycles. The maximum atomic E-state index is 10.9. The molecule has 1 aliphatic rings. The molecule has 4 N–H and O–H groups in total. The van der Waals surface area contributed by atoms with Gasteiger partial charge < -0.3 is 15.9 Å². The van der Waals surface area contributed by atoms with Crippen molar-refractivity contribution in [2.24, 2.45) is 11.7 Å². The van der Waals surface area contributed by atoms with Gasteiger partial charge >= 0.3 is 5.97 Å². The van der Waals surface area contributed by atoms with Gasteiger partial charge in [0.15, 0.2) is 0 Å². The van der Waals surface area contributed by atoms with Crippen molar-refractivity contribution < 1.29 is 15.0 Å². The first-order chi connectivity index (χ1) is 7.99. The molecular weight excluding hydrogens is 321 g/mol. The number of carbonyl (C=O) groups is 1. The zero-order chi connectivity index (χ0) is 12.6. The van der Waals surface area contributed by atoms with E-state index in [4.69, 9.17) is 10.8 Å². The van der Waals surface area contributed by atoms with E-state index in [0.717, 1.165) is 6.42 Å². The number of phenols is 1. The van der Waals surface area contributed by atoms with E-state index >= 15 is 0 Å². The van der Waals surface area contributed by atoms with Gasteiger partial charge in [0.25, 0.3) is 0 Å². The van der Waals surface area contributed by atoms with Crippen molar-refractivity contribution in [3.63, 3.8) is 0 Å². The van der Waals surface area contributed by atoms with Crippen LogP contribution in [-0.4, -0.2) is 16.2 Å². The number of hydrogen-bond acceptors (Lipinski definition) is 3. The van der Waals surface area contributed by atoms with Crippen molar-refractivity contribution in [1.29, 1.82) is 0 Å². The Morgan fingerprint density at radius 1 is 1.50 bits per heavy atom. The molecule has 0 unspecified atom stereocenters. The lowest BCUT2D eigenvalue weighted by Gasteiger charge is -2.15. The van der Waals surface area contributed by atoms with Gasteiger partial charge in [0.2, 0.25) is 0 Å². The largest absolute Gasteiger partial charge is 0.506 e. The number of carboxylic acid groups (broad SMARTS) is 1. The third-order valence-electron chi connectivity index (χ3n) is 3.02. The van der Waals surface area contributed by atoms with Crippen molar-refractivity contribution in [3.8, 4) is 5.75 Å². The molecule has 6 heteroatoms. The monoisotopic (exact) mass is 335 g/mol. The molecule has 1 fully saturated rings. The van der Waals surface area contributed by atoms with E-state index in [0.29, 0.717) is 16.0 Å². The quantitative estimate of drug-likeness (QED) is 0.789. The topological polar surface area (TPSA) is 83.6 Å². The van der Waals surface area contributed by atoms with E-state index in [1.165, 1.54) is 25.0 Å². The van der Waals surface area contributed by atoms with Crippen LogP contribution in [0.25, 0.3) is 0 Å². The summed E-state index contributed by atoms with van der Waals surface area (Å²) in [6.07, 6.45) is 3.14. The predicted octanol–water partition coefficient (Wildman–Crippen LogP) is 3.07. The maximum absolute atomic E-state index is 10.9. The second-order valence-electron chi connectivity index (χ2n) is 4.49. The van der Waals surface area contributed by atoms with Crippen molar-refractivity contribution in [3.05, 3.63) is 27.7 Å². The van der Waals surface area contributed by atoms with E-state index in [9.17, 15) is 9.90 Å². The Morgan fingerprint density at radius 2 is 2.11 bits per heavy atom. The van der Waals surface area contributed by atoms with Gasteiger partial charge in [-0.1, -0.05) is 12.8 Å². The molecule has 0 heterocycles. The SMILES string of the molecule is Cl.N[C@H](CC1CC1)c1cc(C(=O)O)cc(Br)c1O. The summed E-state index contributed by atoms with van der Waals surface area (Å²) in [5.74, 6) is -0.356. The number of benzene rings is 1. The number of nitrogens with two attached hydrogens (primary N) is 1. The van der Waals surface area contributed by atoms with Crippen molar-refractivity contribution in [2.75, 3.05) is 0 Å². The standard InChI is InChI=1S/C12H14BrNO3.ClH/c13-9-5-7(12(16)17)4-8(11(9)15)10(14)3-6-1-2-6;/h4-6,10,15H,1-3,14H2,(H,16,17);1H/t10-;/m1./s1. The molecule has 100 valence electrons. The van der Waals surface area contributed by atoms with E-state index in [-0.39, 0.29) is 29.8 Å². The molecule has 0 saturated heterocycles. The van der Waals surface area contributed by atoms with Crippen LogP contribution >= 0.6 is 28.3 Å². The highest BCUT2D eigenvalue weighted by molar-refractivity contribution is 9.10. The Kier molecular flexibility index (Phi) is 5.01. The second kappa shape index (κ2) is 5.91. The molecule has 1 atom stereocenters. The van der Waals surface area contributed by atoms with Gasteiger partial charge in [-0.2, -0.15) is 0 Å². The molecule has 0 radical (unpaired) electrons. The lowest BCUT2D eigenvalue weighted by Crippen LogP contribution is -2.12. The van der Waals surface area contributed by atoms with E-state index in [1.807, 2.05) is 0 Å². The van der Waals surface area contributed by atoms with Crippen LogP contribution in [-0.2, 0) is 0 Å². The maximum Gasteiger partial charge on any atom is 0.335 e. The number of aromatic carboxylic acids is 1. The smallest absolute Gasteiger partial charge is 0.335 e. The normalized spacial score (nSPS) is 15.9. The highest BCUT2D eigenvalue weighted by Crippen LogP contribution is 2.40. The molecule has 0 spiro atoms. The molecule has 1 saturated carbocycles. The Balaban J connectivity index is 0.00000162. The zero-order valence-electron chi connectivity index (χ0n) is 9.60. The average Bonchev–Trinajstić information content (AvgIpc) is 3.05. The zero-order valence-corrected chi connectivity index (χ0v) is 12.0. The molecule has 1 aromatic rings. The molecule has 4 nitrogen and oxygen atoms in total. The molecule has 2 rings (SSSR count). The number of rotatable bonds is 4. The van der Waals surface area contributed by atoms with Gasteiger partial charge in [0.05, 0.1) is 10.0 Å². The molecular formula is C12H15BrClNO3. The lowest BCUT2D eigenvalue weighted by atomic mass is 9.99. The summed E-state index contributed by atoms with van der Waals surface area (Å²) >= 11 is 3.15. The van der Waals surface area contributed by atoms with Crippen LogP contribution in [0.4, 0.5) is 0 Å². The number of halogens is 2. The molecule has 0 bridgehead atoms. The Hall–Kier alpha value is -0.780. The van der Waals surface area contributed by atoms with Crippen molar-refractivity contribution in [2.45, 2.75) is 25.3 Å². The fourth-order valence-corrected chi connectivity index (χ4v) is 2.34. The Morgan fingerprint density at radius 3 is 2.61 bits per heavy atom. The average molecular weight is 337 g/mol. The summed E-state index contributed by atoms with van der Waals surface area (Å²) < 4.78 is 0.374. The number of hydrogen-bond donors (Lipinski definition) is 3. The van der Waals surface area contributed by atoms with Gasteiger partial charge in [-0.05, 0) is 40.4 Å². The molecule has 1 aromatic carbocycles. The highest BCUT2D eigenvalue weighted by atomic mass is 79.9. The van der Waals surface area contributed by atoms with Gasteiger partial charge in [0, 0.05) is 11.6 Å². The summed E-state index contributed by atoms with van der Waals surface area (Å²) in [6, 6.07) is 2.53. The summed E-state index contributed by atoms with van der Waals surface area (Å²) in [6.45, 7) is 0. The number of carboxylic acids is 1. The van der Waals surface area contributed by atoms with Crippen LogP contribution in [0.5, 0.6) is 5.75 Å². The third kappa shape index (κ3) is 3.37. The van der Waals surface area contributed by atoms with Crippen LogP contribution in [0, 0.1) is 5.92 Å². The molecule has 0 amide bonds. The molecule has 1 aliphatic carbocycles. The van der Waals surface area contributed by atoms with Crippen LogP contribution in [0.1, 0.15) is 41.2 Å². The summed E-state index contributed by atoms with van der Waals surface area (Å²) in [7, 11) is 0. The van der Waals surface area contributed by atoms with Crippen LogP contribution < -0.4 is 5.73 Å². The summed E-state index contributed by atoms with van der Waals surface area (Å²) in [5, 5.41) is 18.8. The Labute approximate surface area is 120 Å². The fourth-order valence-electron chi connectivity index (χ4n) is 1.87. The summed E-state index contributed by atoms with van der Waals surface area (Å²) in [4.78, 5) is 10.9. The van der Waals surface area contributed by atoms with E-state index in [1.54, 1.807) is 0 Å². The summed E-state index contributed by atoms with van der Waals surface area (Å²) in [5.41, 5.74) is 6.64. The third-order valence-corrected chi connectivity index (χ3v) is 3.63. The van der Waals surface area contributed by atoms with Gasteiger partial charge in [0.1, 0.15) is 5.75 Å². The Bertz CT molecular complexity index is 463. The first-order valence-electron chi connectivity index (χ1n) is 5.50. The fraction of sp³-hybridized carbons (Fsp3) is 0.417. The molecule has 18 heavy (non-hydrogen) atoms. The minimum atomic E-state index is -1.02. The van der Waals surface area contributed by atoms with Crippen LogP contribution in [0.15, 0.2) is 16.6 Å². The van der Waals surface area contributed by atoms with Crippen molar-refractivity contribution in [1.82, 2.24) is 0 Å². The lowest BCUT2D eigenvalue weighted by molar-refractivity contribution is 0.0696. The van der Waals surface area contributed by atoms with Gasteiger partial charge in [-0.15, -0.1) is 12.4 Å². The minimum Gasteiger partial charge on any atom is -0.506 e. The predicted molar refractivity (Wildman–Crippen MR) is 74.3 cm³/mol. The van der Waals surface area contributed by atoms with Crippen molar-refractivity contribution >= 4 is 34.3 Å². The van der Waals surface area contributed by atoms with E-state index < -0.39 is 5.97 Å². The minimum absolute atomic E-state index is 0. The number of aromatic hydroxyl groups is 1. The van der Waals surface area contributed by atoms with Crippen LogP contribution in [0.3, 0.4) is 0 Å².